The molecule has 7 nitrogen and oxygen atoms in total. The second-order valence-corrected chi connectivity index (χ2v) is 7.29. The summed E-state index contributed by atoms with van der Waals surface area (Å²) >= 11 is 1.45. The van der Waals surface area contributed by atoms with Crippen LogP contribution in [0, 0.1) is 10.1 Å². The second-order valence-electron chi connectivity index (χ2n) is 6.16. The van der Waals surface area contributed by atoms with Gasteiger partial charge >= 0.3 is 0 Å². The summed E-state index contributed by atoms with van der Waals surface area (Å²) in [5, 5.41) is 11.0. The Morgan fingerprint density at radius 2 is 1.69 bits per heavy atom. The van der Waals surface area contributed by atoms with E-state index in [2.05, 4.69) is 10.9 Å². The number of nitro benzene ring substituents is 1. The monoisotopic (exact) mass is 373 g/mol. The number of amides is 2. The molecule has 0 aliphatic heterocycles. The molecule has 0 saturated heterocycles. The topological polar surface area (TPSA) is 101 Å². The van der Waals surface area contributed by atoms with Gasteiger partial charge in [-0.1, -0.05) is 25.0 Å². The van der Waals surface area contributed by atoms with Crippen LogP contribution >= 0.6 is 11.3 Å². The maximum atomic E-state index is 12.3. The SMILES string of the molecule is O=C(NNC(=O)c1ccccc1[N+](=O)[O-])c1cc2c(s1)CCCCCC2. The summed E-state index contributed by atoms with van der Waals surface area (Å²) in [7, 11) is 0. The molecule has 0 unspecified atom stereocenters. The van der Waals surface area contributed by atoms with Gasteiger partial charge in [0.05, 0.1) is 9.80 Å². The molecule has 0 atom stereocenters. The molecule has 1 aromatic carbocycles. The number of nitrogens with zero attached hydrogens (tertiary/aromatic N) is 1. The number of rotatable bonds is 3. The molecule has 2 aromatic rings. The largest absolute Gasteiger partial charge is 0.282 e. The zero-order chi connectivity index (χ0) is 18.5. The molecular formula is C18H19N3O4S. The molecule has 8 heteroatoms. The fourth-order valence-electron chi connectivity index (χ4n) is 3.02. The van der Waals surface area contributed by atoms with Crippen LogP contribution in [-0.2, 0) is 12.8 Å². The van der Waals surface area contributed by atoms with Crippen molar-refractivity contribution in [3.63, 3.8) is 0 Å². The van der Waals surface area contributed by atoms with Gasteiger partial charge in [0, 0.05) is 10.9 Å². The smallest absolute Gasteiger partial charge is 0.267 e. The zero-order valence-corrected chi connectivity index (χ0v) is 14.9. The van der Waals surface area contributed by atoms with Gasteiger partial charge in [-0.15, -0.1) is 11.3 Å². The third-order valence-electron chi connectivity index (χ3n) is 4.36. The Kier molecular flexibility index (Phi) is 5.62. The second kappa shape index (κ2) is 8.09. The van der Waals surface area contributed by atoms with Crippen molar-refractivity contribution in [2.24, 2.45) is 0 Å². The molecule has 0 fully saturated rings. The van der Waals surface area contributed by atoms with Crippen molar-refractivity contribution < 1.29 is 14.5 Å². The lowest BCUT2D eigenvalue weighted by atomic mass is 10.00. The van der Waals surface area contributed by atoms with Crippen molar-refractivity contribution in [3.05, 3.63) is 61.3 Å². The van der Waals surface area contributed by atoms with Crippen LogP contribution in [0.5, 0.6) is 0 Å². The first kappa shape index (κ1) is 18.1. The summed E-state index contributed by atoms with van der Waals surface area (Å²) in [5.74, 6) is -1.13. The Hall–Kier alpha value is -2.74. The molecule has 2 N–H and O–H groups in total. The average Bonchev–Trinajstić information content (AvgIpc) is 3.01. The summed E-state index contributed by atoms with van der Waals surface area (Å²) in [5.41, 5.74) is 5.42. The fraction of sp³-hybridized carbons (Fsp3) is 0.333. The molecule has 136 valence electrons. The summed E-state index contributed by atoms with van der Waals surface area (Å²) in [6.07, 6.45) is 6.63. The summed E-state index contributed by atoms with van der Waals surface area (Å²) < 4.78 is 0. The van der Waals surface area contributed by atoms with Crippen LogP contribution in [0.1, 0.15) is 56.2 Å². The van der Waals surface area contributed by atoms with Crippen molar-refractivity contribution in [1.82, 2.24) is 10.9 Å². The Bertz CT molecular complexity index is 821. The number of hydrazine groups is 1. The minimum atomic E-state index is -0.722. The minimum absolute atomic E-state index is 0.101. The van der Waals surface area contributed by atoms with Gasteiger partial charge in [-0.05, 0) is 43.4 Å². The number of carbonyl (C=O) groups excluding carboxylic acids is 2. The highest BCUT2D eigenvalue weighted by atomic mass is 32.1. The molecule has 0 saturated carbocycles. The molecule has 0 radical (unpaired) electrons. The highest BCUT2D eigenvalue weighted by Gasteiger charge is 2.21. The number of benzene rings is 1. The zero-order valence-electron chi connectivity index (χ0n) is 14.1. The van der Waals surface area contributed by atoms with Crippen molar-refractivity contribution >= 4 is 28.8 Å². The van der Waals surface area contributed by atoms with Crippen molar-refractivity contribution in [3.8, 4) is 0 Å². The van der Waals surface area contributed by atoms with Crippen LogP contribution in [0.25, 0.3) is 0 Å². The van der Waals surface area contributed by atoms with Gasteiger partial charge in [-0.25, -0.2) is 0 Å². The Labute approximate surface area is 154 Å². The van der Waals surface area contributed by atoms with Gasteiger partial charge in [0.25, 0.3) is 17.5 Å². The molecule has 3 rings (SSSR count). The quantitative estimate of drug-likeness (QED) is 0.636. The van der Waals surface area contributed by atoms with Gasteiger partial charge < -0.3 is 0 Å². The summed E-state index contributed by atoms with van der Waals surface area (Å²) in [6.45, 7) is 0. The fourth-order valence-corrected chi connectivity index (χ4v) is 4.17. The molecule has 2 amide bonds. The first-order chi connectivity index (χ1) is 12.6. The van der Waals surface area contributed by atoms with E-state index in [0.717, 1.165) is 25.7 Å². The van der Waals surface area contributed by atoms with Gasteiger partial charge in [-0.3, -0.25) is 30.6 Å². The lowest BCUT2D eigenvalue weighted by Crippen LogP contribution is -2.41. The third-order valence-corrected chi connectivity index (χ3v) is 5.59. The van der Waals surface area contributed by atoms with Crippen molar-refractivity contribution in [2.75, 3.05) is 0 Å². The molecule has 0 bridgehead atoms. The lowest BCUT2D eigenvalue weighted by Gasteiger charge is -2.07. The van der Waals surface area contributed by atoms with E-state index in [1.807, 2.05) is 6.07 Å². The number of hydrogen-bond acceptors (Lipinski definition) is 5. The normalized spacial score (nSPS) is 13.8. The standard InChI is InChI=1S/C18H19N3O4S/c22-17(13-8-5-6-9-14(13)21(24)25)19-20-18(23)16-11-12-7-3-1-2-4-10-15(12)26-16/h5-6,8-9,11H,1-4,7,10H2,(H,19,22)(H,20,23). The van der Waals surface area contributed by atoms with E-state index in [4.69, 9.17) is 0 Å². The number of nitro groups is 1. The maximum Gasteiger partial charge on any atom is 0.282 e. The first-order valence-electron chi connectivity index (χ1n) is 8.52. The number of carbonyl (C=O) groups is 2. The molecule has 1 aliphatic rings. The molecule has 26 heavy (non-hydrogen) atoms. The Morgan fingerprint density at radius 1 is 1.00 bits per heavy atom. The van der Waals surface area contributed by atoms with E-state index in [-0.39, 0.29) is 11.3 Å². The highest BCUT2D eigenvalue weighted by molar-refractivity contribution is 7.14. The van der Waals surface area contributed by atoms with Crippen molar-refractivity contribution in [2.45, 2.75) is 38.5 Å². The minimum Gasteiger partial charge on any atom is -0.267 e. The molecular weight excluding hydrogens is 354 g/mol. The average molecular weight is 373 g/mol. The van der Waals surface area contributed by atoms with Crippen LogP contribution in [0.2, 0.25) is 0 Å². The van der Waals surface area contributed by atoms with Gasteiger partial charge in [0.15, 0.2) is 0 Å². The van der Waals surface area contributed by atoms with E-state index in [1.165, 1.54) is 58.9 Å². The van der Waals surface area contributed by atoms with E-state index in [9.17, 15) is 19.7 Å². The van der Waals surface area contributed by atoms with E-state index < -0.39 is 16.7 Å². The number of para-hydroxylation sites is 1. The predicted molar refractivity (Wildman–Crippen MR) is 98.2 cm³/mol. The van der Waals surface area contributed by atoms with Crippen LogP contribution in [0.4, 0.5) is 5.69 Å². The Balaban J connectivity index is 1.67. The highest BCUT2D eigenvalue weighted by Crippen LogP contribution is 2.28. The van der Waals surface area contributed by atoms with Crippen molar-refractivity contribution in [1.29, 1.82) is 0 Å². The van der Waals surface area contributed by atoms with Crippen LogP contribution in [0.3, 0.4) is 0 Å². The molecule has 1 aliphatic carbocycles. The van der Waals surface area contributed by atoms with Crippen LogP contribution in [0.15, 0.2) is 30.3 Å². The van der Waals surface area contributed by atoms with Gasteiger partial charge in [0.2, 0.25) is 0 Å². The molecule has 1 heterocycles. The predicted octanol–water partition coefficient (Wildman–Crippen LogP) is 3.39. The Morgan fingerprint density at radius 3 is 2.46 bits per heavy atom. The number of aryl methyl sites for hydroxylation is 2. The molecule has 1 aromatic heterocycles. The number of hydrogen-bond donors (Lipinski definition) is 2. The van der Waals surface area contributed by atoms with Gasteiger partial charge in [-0.2, -0.15) is 0 Å². The summed E-state index contributed by atoms with van der Waals surface area (Å²) in [4.78, 5) is 36.6. The molecule has 0 spiro atoms. The number of thiophene rings is 1. The summed E-state index contributed by atoms with van der Waals surface area (Å²) in [6, 6.07) is 7.49. The number of nitrogens with one attached hydrogen (secondary N) is 2. The lowest BCUT2D eigenvalue weighted by molar-refractivity contribution is -0.385. The number of fused-ring (bicyclic) bond motifs is 1. The third kappa shape index (κ3) is 4.08. The van der Waals surface area contributed by atoms with E-state index in [1.54, 1.807) is 0 Å². The van der Waals surface area contributed by atoms with Gasteiger partial charge in [0.1, 0.15) is 5.56 Å². The van der Waals surface area contributed by atoms with Crippen LogP contribution in [-0.4, -0.2) is 16.7 Å². The van der Waals surface area contributed by atoms with Crippen LogP contribution < -0.4 is 10.9 Å². The van der Waals surface area contributed by atoms with E-state index in [0.29, 0.717) is 4.88 Å². The van der Waals surface area contributed by atoms with E-state index >= 15 is 0 Å². The first-order valence-corrected chi connectivity index (χ1v) is 9.33. The maximum absolute atomic E-state index is 12.3.